The zero-order valence-corrected chi connectivity index (χ0v) is 17.5. The molecule has 0 heterocycles. The number of hydrogen-bond acceptors (Lipinski definition) is 6. The zero-order valence-electron chi connectivity index (χ0n) is 17.5. The number of halogens is 13. The van der Waals surface area contributed by atoms with Gasteiger partial charge in [0.25, 0.3) is 5.69 Å². The number of non-ortho nitro benzene ring substituents is 1. The molecule has 1 rings (SSSR count). The summed E-state index contributed by atoms with van der Waals surface area (Å²) in [7, 11) is 0. The van der Waals surface area contributed by atoms with Crippen LogP contribution in [0.4, 0.5) is 74.1 Å². The van der Waals surface area contributed by atoms with Crippen LogP contribution in [0.15, 0.2) is 23.3 Å². The van der Waals surface area contributed by atoms with Crippen LogP contribution in [0.2, 0.25) is 0 Å². The van der Waals surface area contributed by atoms with Crippen molar-refractivity contribution >= 4 is 23.3 Å². The Kier molecular flexibility index (Phi) is 8.37. The maximum atomic E-state index is 14.3. The van der Waals surface area contributed by atoms with Gasteiger partial charge in [0.1, 0.15) is 5.69 Å². The lowest BCUT2D eigenvalue weighted by molar-refractivity contribution is -0.441. The summed E-state index contributed by atoms with van der Waals surface area (Å²) in [6.45, 7) is 0.551. The van der Waals surface area contributed by atoms with Crippen molar-refractivity contribution in [3.05, 3.63) is 38.4 Å². The first-order valence-corrected chi connectivity index (χ1v) is 9.09. The Morgan fingerprint density at radius 3 is 1.73 bits per heavy atom. The molecule has 21 heteroatoms. The van der Waals surface area contributed by atoms with Crippen molar-refractivity contribution in [2.75, 3.05) is 5.43 Å². The second kappa shape index (κ2) is 9.80. The Morgan fingerprint density at radius 1 is 0.838 bits per heavy atom. The fourth-order valence-electron chi connectivity index (χ4n) is 2.55. The van der Waals surface area contributed by atoms with Crippen LogP contribution in [-0.4, -0.2) is 51.9 Å². The van der Waals surface area contributed by atoms with Gasteiger partial charge in [-0.2, -0.15) is 62.2 Å². The molecule has 8 nitrogen and oxygen atoms in total. The lowest BCUT2D eigenvalue weighted by atomic mass is 9.86. The first-order valence-electron chi connectivity index (χ1n) is 9.09. The quantitative estimate of drug-likeness (QED) is 0.138. The Morgan fingerprint density at radius 2 is 1.32 bits per heavy atom. The summed E-state index contributed by atoms with van der Waals surface area (Å²) >= 11 is 0. The van der Waals surface area contributed by atoms with Gasteiger partial charge in [-0.15, -0.1) is 0 Å². The van der Waals surface area contributed by atoms with Crippen molar-refractivity contribution in [1.82, 2.24) is 0 Å². The van der Waals surface area contributed by atoms with E-state index in [1.807, 2.05) is 0 Å². The number of nitro benzene ring substituents is 2. The van der Waals surface area contributed by atoms with E-state index in [1.165, 1.54) is 0 Å². The van der Waals surface area contributed by atoms with E-state index in [1.54, 1.807) is 5.43 Å². The molecule has 0 aliphatic carbocycles. The second-order valence-electron chi connectivity index (χ2n) is 7.04. The summed E-state index contributed by atoms with van der Waals surface area (Å²) < 4.78 is 173. The molecule has 1 atom stereocenters. The molecule has 1 aromatic carbocycles. The van der Waals surface area contributed by atoms with Gasteiger partial charge < -0.3 is 0 Å². The van der Waals surface area contributed by atoms with Crippen LogP contribution in [0.25, 0.3) is 0 Å². The summed E-state index contributed by atoms with van der Waals surface area (Å²) in [5.41, 5.74) is -1.20. The van der Waals surface area contributed by atoms with E-state index in [9.17, 15) is 77.3 Å². The SMILES string of the molecule is CCC(/C=N/Nc1ccc([N+](=O)[O-])cc1[N+](=O)[O-])C(F)(F)C(F)(F)C(F)(F)C(F)(F)C(F)(F)C(F)(F)F. The van der Waals surface area contributed by atoms with E-state index >= 15 is 0 Å². The molecule has 1 unspecified atom stereocenters. The standard InChI is InChI=1S/C16H11F13N4O4/c1-2-7(6-30-31-9-4-3-8(32(34)35)5-10(9)33(36)37)11(17,18)12(19,20)13(21,22)14(23,24)15(25,26)16(27,28)29/h3-7,31H,2H2,1H3/b30-6+. The molecule has 0 aliphatic rings. The first-order chi connectivity index (χ1) is 16.4. The third-order valence-electron chi connectivity index (χ3n) is 4.69. The number of nitro groups is 2. The summed E-state index contributed by atoms with van der Waals surface area (Å²) in [4.78, 5) is 19.3. The highest BCUT2D eigenvalue weighted by molar-refractivity contribution is 5.68. The van der Waals surface area contributed by atoms with E-state index < -0.39 is 75.0 Å². The van der Waals surface area contributed by atoms with Crippen LogP contribution in [0, 0.1) is 26.1 Å². The first kappa shape index (κ1) is 31.6. The Balaban J connectivity index is 3.42. The molecule has 1 aromatic rings. The zero-order chi connectivity index (χ0) is 29.4. The average Bonchev–Trinajstić information content (AvgIpc) is 2.74. The minimum absolute atomic E-state index is 0.335. The van der Waals surface area contributed by atoms with Crippen LogP contribution in [-0.2, 0) is 0 Å². The number of anilines is 1. The highest BCUT2D eigenvalue weighted by Crippen LogP contribution is 2.61. The highest BCUT2D eigenvalue weighted by Gasteiger charge is 2.91. The lowest BCUT2D eigenvalue weighted by Gasteiger charge is -2.41. The number of hydrazone groups is 1. The maximum Gasteiger partial charge on any atom is 0.460 e. The summed E-state index contributed by atoms with van der Waals surface area (Å²) in [5, 5.41) is 24.4. The van der Waals surface area contributed by atoms with Crippen molar-refractivity contribution < 1.29 is 66.9 Å². The van der Waals surface area contributed by atoms with E-state index in [0.717, 1.165) is 0 Å². The molecule has 0 aliphatic heterocycles. The lowest BCUT2D eigenvalue weighted by Crippen LogP contribution is -2.71. The number of hydrogen-bond donors (Lipinski definition) is 1. The smallest absolute Gasteiger partial charge is 0.272 e. The van der Waals surface area contributed by atoms with E-state index in [-0.39, 0.29) is 6.21 Å². The van der Waals surface area contributed by atoms with Gasteiger partial charge in [0.15, 0.2) is 0 Å². The third-order valence-corrected chi connectivity index (χ3v) is 4.69. The predicted molar refractivity (Wildman–Crippen MR) is 96.4 cm³/mol. The number of rotatable bonds is 11. The monoisotopic (exact) mass is 570 g/mol. The minimum Gasteiger partial charge on any atom is -0.272 e. The highest BCUT2D eigenvalue weighted by atomic mass is 19.4. The van der Waals surface area contributed by atoms with Crippen LogP contribution in [0.1, 0.15) is 13.3 Å². The van der Waals surface area contributed by atoms with E-state index in [4.69, 9.17) is 0 Å². The molecule has 0 amide bonds. The topological polar surface area (TPSA) is 111 Å². The van der Waals surface area contributed by atoms with Gasteiger partial charge in [-0.3, -0.25) is 25.7 Å². The van der Waals surface area contributed by atoms with Gasteiger partial charge in [-0.05, 0) is 12.5 Å². The average molecular weight is 570 g/mol. The van der Waals surface area contributed by atoms with Crippen LogP contribution in [0.5, 0.6) is 0 Å². The fourth-order valence-corrected chi connectivity index (χ4v) is 2.55. The Hall–Kier alpha value is -3.42. The normalized spacial score (nSPS) is 15.1. The molecular weight excluding hydrogens is 559 g/mol. The summed E-state index contributed by atoms with van der Waals surface area (Å²) in [5.74, 6) is -41.2. The molecular formula is C16H11F13N4O4. The molecule has 0 fully saturated rings. The third kappa shape index (κ3) is 5.20. The van der Waals surface area contributed by atoms with Crippen molar-refractivity contribution in [2.24, 2.45) is 11.0 Å². The molecule has 0 saturated heterocycles. The van der Waals surface area contributed by atoms with E-state index in [0.29, 0.717) is 25.1 Å². The largest absolute Gasteiger partial charge is 0.460 e. The number of alkyl halides is 13. The molecule has 0 saturated carbocycles. The second-order valence-corrected chi connectivity index (χ2v) is 7.04. The molecule has 37 heavy (non-hydrogen) atoms. The van der Waals surface area contributed by atoms with Gasteiger partial charge in [0.05, 0.1) is 21.8 Å². The number of benzene rings is 1. The molecule has 0 bridgehead atoms. The minimum atomic E-state index is -8.06. The maximum absolute atomic E-state index is 14.3. The van der Waals surface area contributed by atoms with Gasteiger partial charge >= 0.3 is 41.5 Å². The van der Waals surface area contributed by atoms with Crippen molar-refractivity contribution in [3.63, 3.8) is 0 Å². The number of nitrogens with zero attached hydrogens (tertiary/aromatic N) is 3. The molecule has 1 N–H and O–H groups in total. The summed E-state index contributed by atoms with van der Waals surface area (Å²) in [6.07, 6.45) is -9.30. The van der Waals surface area contributed by atoms with Crippen LogP contribution < -0.4 is 5.43 Å². The van der Waals surface area contributed by atoms with Gasteiger partial charge in [-0.1, -0.05) is 6.92 Å². The summed E-state index contributed by atoms with van der Waals surface area (Å²) in [6, 6.07) is 1.53. The van der Waals surface area contributed by atoms with Crippen molar-refractivity contribution in [2.45, 2.75) is 49.1 Å². The molecule has 0 spiro atoms. The predicted octanol–water partition coefficient (Wildman–Crippen LogP) is 6.67. The molecule has 0 aromatic heterocycles. The molecule has 0 radical (unpaired) electrons. The molecule has 210 valence electrons. The van der Waals surface area contributed by atoms with Crippen molar-refractivity contribution in [3.8, 4) is 0 Å². The Labute approximate surface area is 195 Å². The van der Waals surface area contributed by atoms with Crippen LogP contribution >= 0.6 is 0 Å². The fraction of sp³-hybridized carbons (Fsp3) is 0.562. The van der Waals surface area contributed by atoms with Crippen molar-refractivity contribution in [1.29, 1.82) is 0 Å². The number of nitrogens with one attached hydrogen (secondary N) is 1. The van der Waals surface area contributed by atoms with Gasteiger partial charge in [0, 0.05) is 12.3 Å². The van der Waals surface area contributed by atoms with Crippen LogP contribution in [0.3, 0.4) is 0 Å². The van der Waals surface area contributed by atoms with E-state index in [2.05, 4.69) is 5.10 Å². The Bertz CT molecular complexity index is 1060. The van der Waals surface area contributed by atoms with Gasteiger partial charge in [0.2, 0.25) is 0 Å². The van der Waals surface area contributed by atoms with Gasteiger partial charge in [-0.25, -0.2) is 0 Å².